The van der Waals surface area contributed by atoms with Crippen LogP contribution >= 0.6 is 0 Å². The van der Waals surface area contributed by atoms with Crippen LogP contribution in [0, 0.1) is 6.92 Å². The number of allylic oxidation sites excluding steroid dienone is 1. The molecule has 100 valence electrons. The van der Waals surface area contributed by atoms with Crippen LogP contribution in [0.15, 0.2) is 36.9 Å². The number of benzene rings is 1. The first-order chi connectivity index (χ1) is 8.60. The van der Waals surface area contributed by atoms with Gasteiger partial charge in [0.05, 0.1) is 0 Å². The second-order valence-electron chi connectivity index (χ2n) is 4.31. The highest BCUT2D eigenvalue weighted by Gasteiger charge is 1.91. The maximum absolute atomic E-state index is 9.76. The van der Waals surface area contributed by atoms with Gasteiger partial charge in [0.1, 0.15) is 0 Å². The number of carbonyl (C=O) groups is 1. The molecule has 0 aliphatic carbocycles. The van der Waals surface area contributed by atoms with E-state index in [2.05, 4.69) is 37.8 Å². The third-order valence-corrected chi connectivity index (χ3v) is 2.50. The zero-order chi connectivity index (χ0) is 13.8. The number of carboxylic acids is 1. The first kappa shape index (κ1) is 16.4. The molecular formula is C16H24O2. The van der Waals surface area contributed by atoms with Crippen molar-refractivity contribution >= 4 is 5.97 Å². The molecule has 0 bridgehead atoms. The summed E-state index contributed by atoms with van der Waals surface area (Å²) < 4.78 is 0. The van der Waals surface area contributed by atoms with Gasteiger partial charge in [0, 0.05) is 6.42 Å². The summed E-state index contributed by atoms with van der Waals surface area (Å²) in [6.07, 6.45) is 6.23. The summed E-state index contributed by atoms with van der Waals surface area (Å²) in [7, 11) is 0. The molecule has 0 fully saturated rings. The number of rotatable bonds is 6. The smallest absolute Gasteiger partial charge is 0.303 e. The topological polar surface area (TPSA) is 37.3 Å². The van der Waals surface area contributed by atoms with E-state index in [9.17, 15) is 4.79 Å². The summed E-state index contributed by atoms with van der Waals surface area (Å²) in [5.41, 5.74) is 2.72. The molecule has 2 nitrogen and oxygen atoms in total. The predicted molar refractivity (Wildman–Crippen MR) is 76.9 cm³/mol. The van der Waals surface area contributed by atoms with Crippen molar-refractivity contribution in [2.75, 3.05) is 0 Å². The summed E-state index contributed by atoms with van der Waals surface area (Å²) in [6.45, 7) is 7.78. The van der Waals surface area contributed by atoms with Crippen molar-refractivity contribution in [2.24, 2.45) is 0 Å². The first-order valence-electron chi connectivity index (χ1n) is 6.48. The van der Waals surface area contributed by atoms with Crippen LogP contribution in [0.3, 0.4) is 0 Å². The van der Waals surface area contributed by atoms with Crippen molar-refractivity contribution in [1.82, 2.24) is 0 Å². The van der Waals surface area contributed by atoms with Crippen LogP contribution in [0.1, 0.15) is 43.7 Å². The van der Waals surface area contributed by atoms with E-state index in [-0.39, 0.29) is 0 Å². The van der Waals surface area contributed by atoms with Crippen molar-refractivity contribution in [1.29, 1.82) is 0 Å². The Morgan fingerprint density at radius 3 is 2.33 bits per heavy atom. The van der Waals surface area contributed by atoms with E-state index in [1.165, 1.54) is 11.1 Å². The summed E-state index contributed by atoms with van der Waals surface area (Å²) in [6, 6.07) is 8.66. The van der Waals surface area contributed by atoms with Gasteiger partial charge in [-0.15, -0.1) is 6.58 Å². The quantitative estimate of drug-likeness (QED) is 0.759. The number of aryl methyl sites for hydroxylation is 2. The molecule has 1 N–H and O–H groups in total. The van der Waals surface area contributed by atoms with E-state index in [0.717, 1.165) is 25.7 Å². The van der Waals surface area contributed by atoms with E-state index in [1.807, 2.05) is 13.0 Å². The van der Waals surface area contributed by atoms with Gasteiger partial charge in [0.15, 0.2) is 0 Å². The largest absolute Gasteiger partial charge is 0.481 e. The molecule has 0 atom stereocenters. The Balaban J connectivity index is 0.000000360. The van der Waals surface area contributed by atoms with Crippen molar-refractivity contribution in [3.8, 4) is 0 Å². The average molecular weight is 248 g/mol. The number of hydrogen-bond donors (Lipinski definition) is 1. The molecule has 0 aliphatic rings. The summed E-state index contributed by atoms with van der Waals surface area (Å²) >= 11 is 0. The van der Waals surface area contributed by atoms with Gasteiger partial charge in [0.2, 0.25) is 0 Å². The molecule has 2 heteroatoms. The molecule has 0 spiro atoms. The molecule has 0 saturated carbocycles. The highest BCUT2D eigenvalue weighted by molar-refractivity contribution is 5.66. The lowest BCUT2D eigenvalue weighted by Gasteiger charge is -1.97. The van der Waals surface area contributed by atoms with E-state index in [1.54, 1.807) is 0 Å². The Hall–Kier alpha value is -1.57. The van der Waals surface area contributed by atoms with Gasteiger partial charge in [-0.2, -0.15) is 0 Å². The Morgan fingerprint density at radius 2 is 1.94 bits per heavy atom. The predicted octanol–water partition coefficient (Wildman–Crippen LogP) is 4.37. The highest BCUT2D eigenvalue weighted by Crippen LogP contribution is 2.05. The van der Waals surface area contributed by atoms with Crippen LogP contribution in [0.25, 0.3) is 0 Å². The zero-order valence-electron chi connectivity index (χ0n) is 11.5. The van der Waals surface area contributed by atoms with Crippen molar-refractivity contribution in [3.63, 3.8) is 0 Å². The number of aliphatic carboxylic acids is 1. The van der Waals surface area contributed by atoms with E-state index in [4.69, 9.17) is 5.11 Å². The van der Waals surface area contributed by atoms with E-state index >= 15 is 0 Å². The minimum absolute atomic E-state index is 0.316. The molecule has 0 radical (unpaired) electrons. The lowest BCUT2D eigenvalue weighted by molar-refractivity contribution is -0.137. The van der Waals surface area contributed by atoms with Crippen LogP contribution in [-0.2, 0) is 11.2 Å². The first-order valence-corrected chi connectivity index (χ1v) is 6.48. The van der Waals surface area contributed by atoms with Gasteiger partial charge in [-0.25, -0.2) is 0 Å². The van der Waals surface area contributed by atoms with Crippen LogP contribution in [-0.4, -0.2) is 11.1 Å². The minimum Gasteiger partial charge on any atom is -0.481 e. The van der Waals surface area contributed by atoms with Gasteiger partial charge in [-0.3, -0.25) is 4.79 Å². The third kappa shape index (κ3) is 9.64. The molecule has 0 aliphatic heterocycles. The maximum Gasteiger partial charge on any atom is 0.303 e. The number of hydrogen-bond acceptors (Lipinski definition) is 1. The molecule has 1 aromatic carbocycles. The fourth-order valence-corrected chi connectivity index (χ4v) is 1.35. The van der Waals surface area contributed by atoms with Crippen molar-refractivity contribution in [2.45, 2.75) is 46.0 Å². The Bertz CT molecular complexity index is 339. The molecule has 18 heavy (non-hydrogen) atoms. The Labute approximate surface area is 110 Å². The average Bonchev–Trinajstić information content (AvgIpc) is 2.36. The van der Waals surface area contributed by atoms with Gasteiger partial charge in [-0.05, 0) is 31.7 Å². The molecule has 1 rings (SSSR count). The van der Waals surface area contributed by atoms with Crippen molar-refractivity contribution < 1.29 is 9.90 Å². The lowest BCUT2D eigenvalue weighted by Crippen LogP contribution is -1.91. The molecule has 1 aromatic rings. The molecule has 0 heterocycles. The Kier molecular flexibility index (Phi) is 9.65. The minimum atomic E-state index is -0.693. The highest BCUT2D eigenvalue weighted by atomic mass is 16.4. The summed E-state index contributed by atoms with van der Waals surface area (Å²) in [5, 5.41) is 8.04. The van der Waals surface area contributed by atoms with Gasteiger partial charge >= 0.3 is 5.97 Å². The lowest BCUT2D eigenvalue weighted by atomic mass is 10.1. The standard InChI is InChI=1S/C11H14.C5H10O2/c1-3-4-5-11-8-6-10(2)7-9-11;1-2-3-4-5(6)7/h3,6-9H,1,4-5H2,2H3;2-4H2,1H3,(H,6,7). The third-order valence-electron chi connectivity index (χ3n) is 2.50. The van der Waals surface area contributed by atoms with Gasteiger partial charge in [0.25, 0.3) is 0 Å². The van der Waals surface area contributed by atoms with Gasteiger partial charge in [-0.1, -0.05) is 49.2 Å². The van der Waals surface area contributed by atoms with Crippen LogP contribution in [0.2, 0.25) is 0 Å². The van der Waals surface area contributed by atoms with Gasteiger partial charge < -0.3 is 5.11 Å². The number of carboxylic acid groups (broad SMARTS) is 1. The van der Waals surface area contributed by atoms with Crippen LogP contribution < -0.4 is 0 Å². The molecule has 0 unspecified atom stereocenters. The summed E-state index contributed by atoms with van der Waals surface area (Å²) in [4.78, 5) is 9.76. The van der Waals surface area contributed by atoms with E-state index < -0.39 is 5.97 Å². The normalized spacial score (nSPS) is 9.22. The summed E-state index contributed by atoms with van der Waals surface area (Å²) in [5.74, 6) is -0.693. The molecule has 0 amide bonds. The monoisotopic (exact) mass is 248 g/mol. The van der Waals surface area contributed by atoms with Crippen LogP contribution in [0.5, 0.6) is 0 Å². The van der Waals surface area contributed by atoms with Crippen LogP contribution in [0.4, 0.5) is 0 Å². The molecular weight excluding hydrogens is 224 g/mol. The Morgan fingerprint density at radius 1 is 1.33 bits per heavy atom. The molecule has 0 aromatic heterocycles. The zero-order valence-corrected chi connectivity index (χ0v) is 11.5. The maximum atomic E-state index is 9.76. The van der Waals surface area contributed by atoms with E-state index in [0.29, 0.717) is 6.42 Å². The number of unbranched alkanes of at least 4 members (excludes halogenated alkanes) is 1. The molecule has 0 saturated heterocycles. The SMILES string of the molecule is C=CCCc1ccc(C)cc1.CCCCC(=O)O. The second-order valence-corrected chi connectivity index (χ2v) is 4.31. The van der Waals surface area contributed by atoms with Crippen molar-refractivity contribution in [3.05, 3.63) is 48.0 Å². The fourth-order valence-electron chi connectivity index (χ4n) is 1.35. The second kappa shape index (κ2) is 10.6. The fraction of sp³-hybridized carbons (Fsp3) is 0.438.